The number of nitrogens with one attached hydrogen (secondary N) is 1. The fraction of sp³-hybridized carbons (Fsp3) is 0.500. The number of hydrogen-bond donors (Lipinski definition) is 1. The van der Waals surface area contributed by atoms with Gasteiger partial charge in [0.05, 0.1) is 0 Å². The predicted molar refractivity (Wildman–Crippen MR) is 58.2 cm³/mol. The number of hydrogen-bond acceptors (Lipinski definition) is 4. The first-order valence-electron chi connectivity index (χ1n) is 4.47. The van der Waals surface area contributed by atoms with E-state index in [1.807, 2.05) is 0 Å². The SMILES string of the molecule is Cc1cc(C(=O)NCCS(=O)C(F)(F)F)ns1. The smallest absolute Gasteiger partial charge is 0.350 e. The fourth-order valence-corrected chi connectivity index (χ4v) is 2.00. The molecule has 0 spiro atoms. The van der Waals surface area contributed by atoms with Crippen LogP contribution in [0.3, 0.4) is 0 Å². The van der Waals surface area contributed by atoms with E-state index in [9.17, 15) is 22.2 Å². The van der Waals surface area contributed by atoms with Crippen molar-refractivity contribution in [2.24, 2.45) is 0 Å². The number of rotatable bonds is 4. The minimum atomic E-state index is -4.73. The molecule has 1 rings (SSSR count). The number of aryl methyl sites for hydroxylation is 1. The lowest BCUT2D eigenvalue weighted by atomic mass is 10.3. The van der Waals surface area contributed by atoms with E-state index in [1.165, 1.54) is 6.07 Å². The Morgan fingerprint density at radius 3 is 2.71 bits per heavy atom. The van der Waals surface area contributed by atoms with E-state index in [4.69, 9.17) is 0 Å². The summed E-state index contributed by atoms with van der Waals surface area (Å²) >= 11 is 1.13. The molecule has 0 bridgehead atoms. The Morgan fingerprint density at radius 2 is 2.24 bits per heavy atom. The molecule has 9 heteroatoms. The lowest BCUT2D eigenvalue weighted by Crippen LogP contribution is -2.31. The van der Waals surface area contributed by atoms with Crippen molar-refractivity contribution < 1.29 is 22.2 Å². The summed E-state index contributed by atoms with van der Waals surface area (Å²) in [5.41, 5.74) is -4.58. The third-order valence-corrected chi connectivity index (χ3v) is 3.48. The minimum absolute atomic E-state index is 0.158. The molecule has 17 heavy (non-hydrogen) atoms. The molecule has 1 N–H and O–H groups in total. The first-order chi connectivity index (χ1) is 7.80. The van der Waals surface area contributed by atoms with Gasteiger partial charge in [0.25, 0.3) is 5.91 Å². The molecule has 1 aromatic rings. The average Bonchev–Trinajstić information content (AvgIpc) is 2.63. The van der Waals surface area contributed by atoms with E-state index in [1.54, 1.807) is 6.92 Å². The zero-order valence-electron chi connectivity index (χ0n) is 8.71. The van der Waals surface area contributed by atoms with Crippen molar-refractivity contribution in [3.8, 4) is 0 Å². The van der Waals surface area contributed by atoms with E-state index in [0.717, 1.165) is 16.4 Å². The maximum atomic E-state index is 11.9. The topological polar surface area (TPSA) is 59.1 Å². The van der Waals surface area contributed by atoms with Crippen LogP contribution in [0.5, 0.6) is 0 Å². The second kappa shape index (κ2) is 5.58. The first-order valence-corrected chi connectivity index (χ1v) is 6.56. The monoisotopic (exact) mass is 286 g/mol. The normalized spacial score (nSPS) is 13.4. The number of aromatic nitrogens is 1. The maximum absolute atomic E-state index is 11.9. The van der Waals surface area contributed by atoms with Crippen LogP contribution >= 0.6 is 11.5 Å². The van der Waals surface area contributed by atoms with Gasteiger partial charge < -0.3 is 5.32 Å². The highest BCUT2D eigenvalue weighted by Gasteiger charge is 2.36. The van der Waals surface area contributed by atoms with E-state index >= 15 is 0 Å². The number of alkyl halides is 3. The van der Waals surface area contributed by atoms with Crippen molar-refractivity contribution >= 4 is 28.2 Å². The quantitative estimate of drug-likeness (QED) is 0.911. The van der Waals surface area contributed by atoms with Crippen molar-refractivity contribution in [2.45, 2.75) is 12.4 Å². The number of amides is 1. The number of carbonyl (C=O) groups excluding carboxylic acids is 1. The van der Waals surface area contributed by atoms with Crippen LogP contribution in [0.15, 0.2) is 6.07 Å². The molecule has 1 unspecified atom stereocenters. The summed E-state index contributed by atoms with van der Waals surface area (Å²) in [4.78, 5) is 12.2. The Hall–Kier alpha value is -0.960. The molecule has 0 fully saturated rings. The Balaban J connectivity index is 2.38. The largest absolute Gasteiger partial charge is 0.471 e. The number of nitrogens with zero attached hydrogens (tertiary/aromatic N) is 1. The lowest BCUT2D eigenvalue weighted by molar-refractivity contribution is -0.0384. The zero-order chi connectivity index (χ0) is 13.1. The molecule has 4 nitrogen and oxygen atoms in total. The summed E-state index contributed by atoms with van der Waals surface area (Å²) in [6, 6.07) is 1.53. The van der Waals surface area contributed by atoms with Gasteiger partial charge in [-0.2, -0.15) is 17.5 Å². The summed E-state index contributed by atoms with van der Waals surface area (Å²) in [5, 5.41) is 2.23. The van der Waals surface area contributed by atoms with Gasteiger partial charge in [-0.1, -0.05) is 0 Å². The van der Waals surface area contributed by atoms with Gasteiger partial charge in [0.2, 0.25) is 0 Å². The van der Waals surface area contributed by atoms with Crippen LogP contribution in [0.25, 0.3) is 0 Å². The third kappa shape index (κ3) is 4.43. The summed E-state index contributed by atoms with van der Waals surface area (Å²) in [5.74, 6) is -1.22. The van der Waals surface area contributed by atoms with Crippen LogP contribution in [-0.2, 0) is 10.8 Å². The molecule has 0 radical (unpaired) electrons. The van der Waals surface area contributed by atoms with Crippen LogP contribution in [0.1, 0.15) is 15.4 Å². The first kappa shape index (κ1) is 14.1. The maximum Gasteiger partial charge on any atom is 0.471 e. The molecule has 0 aliphatic carbocycles. The van der Waals surface area contributed by atoms with Gasteiger partial charge in [0, 0.05) is 17.2 Å². The van der Waals surface area contributed by atoms with Crippen LogP contribution in [0.4, 0.5) is 13.2 Å². The Bertz CT molecular complexity index is 431. The van der Waals surface area contributed by atoms with Crippen molar-refractivity contribution in [1.82, 2.24) is 9.69 Å². The lowest BCUT2D eigenvalue weighted by Gasteiger charge is -2.06. The molecule has 1 amide bonds. The Kier molecular flexibility index (Phi) is 4.63. The van der Waals surface area contributed by atoms with Crippen molar-refractivity contribution in [3.05, 3.63) is 16.6 Å². The van der Waals surface area contributed by atoms with E-state index in [2.05, 4.69) is 9.69 Å². The standard InChI is InChI=1S/C8H9F3N2O2S2/c1-5-4-6(13-16-5)7(14)12-2-3-17(15)8(9,10)11/h4H,2-3H2,1H3,(H,12,14). The molecule has 0 aliphatic rings. The highest BCUT2D eigenvalue weighted by Crippen LogP contribution is 2.19. The van der Waals surface area contributed by atoms with Crippen molar-refractivity contribution in [2.75, 3.05) is 12.3 Å². The van der Waals surface area contributed by atoms with Crippen molar-refractivity contribution in [3.63, 3.8) is 0 Å². The number of halogens is 3. The molecular weight excluding hydrogens is 277 g/mol. The van der Waals surface area contributed by atoms with Crippen LogP contribution < -0.4 is 5.32 Å². The number of carbonyl (C=O) groups is 1. The molecule has 0 aromatic carbocycles. The summed E-state index contributed by atoms with van der Waals surface area (Å²) in [6.45, 7) is 1.45. The molecule has 0 saturated carbocycles. The fourth-order valence-electron chi connectivity index (χ4n) is 0.937. The molecule has 0 saturated heterocycles. The highest BCUT2D eigenvalue weighted by atomic mass is 32.2. The second-order valence-corrected chi connectivity index (χ2v) is 5.65. The summed E-state index contributed by atoms with van der Waals surface area (Å²) in [7, 11) is -2.94. The van der Waals surface area contributed by atoms with Crippen LogP contribution in [-0.4, -0.2) is 32.3 Å². The van der Waals surface area contributed by atoms with Crippen LogP contribution in [0, 0.1) is 6.92 Å². The summed E-state index contributed by atoms with van der Waals surface area (Å²) < 4.78 is 50.0. The molecular formula is C8H9F3N2O2S2. The van der Waals surface area contributed by atoms with Gasteiger partial charge in [-0.15, -0.1) is 0 Å². The van der Waals surface area contributed by atoms with Gasteiger partial charge in [0.15, 0.2) is 0 Å². The van der Waals surface area contributed by atoms with Crippen molar-refractivity contribution in [1.29, 1.82) is 0 Å². The molecule has 0 aliphatic heterocycles. The average molecular weight is 286 g/mol. The molecule has 1 atom stereocenters. The van der Waals surface area contributed by atoms with Gasteiger partial charge in [-0.05, 0) is 24.5 Å². The van der Waals surface area contributed by atoms with Gasteiger partial charge in [0.1, 0.15) is 16.5 Å². The highest BCUT2D eigenvalue weighted by molar-refractivity contribution is 7.85. The Morgan fingerprint density at radius 1 is 1.59 bits per heavy atom. The third-order valence-electron chi connectivity index (χ3n) is 1.69. The summed E-state index contributed by atoms with van der Waals surface area (Å²) in [6.07, 6.45) is 0. The van der Waals surface area contributed by atoms with Gasteiger partial charge >= 0.3 is 5.51 Å². The molecule has 1 aromatic heterocycles. The van der Waals surface area contributed by atoms with E-state index < -0.39 is 28.0 Å². The van der Waals surface area contributed by atoms with E-state index in [0.29, 0.717) is 0 Å². The predicted octanol–water partition coefficient (Wildman–Crippen LogP) is 1.45. The molecule has 96 valence electrons. The zero-order valence-corrected chi connectivity index (χ0v) is 10.3. The van der Waals surface area contributed by atoms with E-state index in [-0.39, 0.29) is 12.2 Å². The van der Waals surface area contributed by atoms with Gasteiger partial charge in [-0.25, -0.2) is 0 Å². The second-order valence-electron chi connectivity index (χ2n) is 3.07. The minimum Gasteiger partial charge on any atom is -0.350 e. The Labute approximate surface area is 102 Å². The van der Waals surface area contributed by atoms with Crippen LogP contribution in [0.2, 0.25) is 0 Å². The van der Waals surface area contributed by atoms with Gasteiger partial charge in [-0.3, -0.25) is 9.00 Å². The molecule has 1 heterocycles.